The zero-order valence-electron chi connectivity index (χ0n) is 9.56. The minimum Gasteiger partial charge on any atom is -0.445 e. The molecule has 1 rings (SSSR count). The maximum atomic E-state index is 5.68. The molecule has 1 aromatic rings. The largest absolute Gasteiger partial charge is 0.445 e. The summed E-state index contributed by atoms with van der Waals surface area (Å²) in [5, 5.41) is 0. The lowest BCUT2D eigenvalue weighted by atomic mass is 10.2. The van der Waals surface area contributed by atoms with Crippen LogP contribution in [0.2, 0.25) is 0 Å². The van der Waals surface area contributed by atoms with Crippen LogP contribution in [0.3, 0.4) is 0 Å². The lowest BCUT2D eigenvalue weighted by molar-refractivity contribution is 0.530. The number of hydrogen-bond donors (Lipinski definition) is 0. The van der Waals surface area contributed by atoms with Crippen LogP contribution in [-0.2, 0) is 0 Å². The van der Waals surface area contributed by atoms with Crippen molar-refractivity contribution in [1.29, 1.82) is 0 Å². The highest BCUT2D eigenvalue weighted by molar-refractivity contribution is 5.39. The molecule has 0 bridgehead atoms. The van der Waals surface area contributed by atoms with Crippen molar-refractivity contribution < 1.29 is 4.42 Å². The third-order valence-electron chi connectivity index (χ3n) is 2.11. The van der Waals surface area contributed by atoms with Gasteiger partial charge in [-0.15, -0.1) is 19.7 Å². The van der Waals surface area contributed by atoms with Gasteiger partial charge in [0.05, 0.1) is 0 Å². The Balaban J connectivity index is 2.68. The fourth-order valence-electron chi connectivity index (χ4n) is 1.39. The van der Waals surface area contributed by atoms with Gasteiger partial charge in [-0.3, -0.25) is 0 Å². The minimum absolute atomic E-state index is 0.750. The Morgan fingerprint density at radius 2 is 1.75 bits per heavy atom. The van der Waals surface area contributed by atoms with Gasteiger partial charge in [-0.25, -0.2) is 0 Å². The van der Waals surface area contributed by atoms with Gasteiger partial charge in [0.15, 0.2) is 5.88 Å². The average molecular weight is 216 g/mol. The Labute approximate surface area is 97.6 Å². The third kappa shape index (κ3) is 3.46. The first-order chi connectivity index (χ1) is 7.81. The van der Waals surface area contributed by atoms with E-state index in [1.165, 1.54) is 0 Å². The van der Waals surface area contributed by atoms with Crippen LogP contribution in [0.5, 0.6) is 0 Å². The first-order valence-electron chi connectivity index (χ1n) is 5.32. The molecule has 2 heteroatoms. The molecule has 0 saturated heterocycles. The fraction of sp³-hybridized carbons (Fsp3) is 0.214. The molecule has 0 aromatic carbocycles. The van der Waals surface area contributed by atoms with Crippen LogP contribution < -0.4 is 4.90 Å². The van der Waals surface area contributed by atoms with Gasteiger partial charge in [0.1, 0.15) is 5.76 Å². The van der Waals surface area contributed by atoms with Crippen molar-refractivity contribution in [3.63, 3.8) is 0 Å². The lowest BCUT2D eigenvalue weighted by Gasteiger charge is -2.17. The second kappa shape index (κ2) is 6.72. The quantitative estimate of drug-likeness (QED) is 0.617. The SMILES string of the molecule is C=CC[CH]c1ccc(N(CC=C)CC=C)o1. The molecule has 0 aliphatic carbocycles. The molecule has 0 N–H and O–H groups in total. The summed E-state index contributed by atoms with van der Waals surface area (Å²) in [6, 6.07) is 3.92. The molecule has 0 saturated carbocycles. The smallest absolute Gasteiger partial charge is 0.196 e. The summed E-state index contributed by atoms with van der Waals surface area (Å²) in [6.07, 6.45) is 8.35. The number of rotatable bonds is 8. The predicted octanol–water partition coefficient (Wildman–Crippen LogP) is 3.59. The van der Waals surface area contributed by atoms with Gasteiger partial charge >= 0.3 is 0 Å². The van der Waals surface area contributed by atoms with Crippen LogP contribution in [0.25, 0.3) is 0 Å². The minimum atomic E-state index is 0.750. The molecule has 0 spiro atoms. The molecule has 0 fully saturated rings. The second-order valence-corrected chi connectivity index (χ2v) is 3.39. The molecule has 1 radical (unpaired) electrons. The first kappa shape index (κ1) is 12.4. The summed E-state index contributed by atoms with van der Waals surface area (Å²) in [5.41, 5.74) is 0. The number of hydrogen-bond acceptors (Lipinski definition) is 2. The van der Waals surface area contributed by atoms with Gasteiger partial charge < -0.3 is 9.32 Å². The van der Waals surface area contributed by atoms with Crippen molar-refractivity contribution in [2.45, 2.75) is 6.42 Å². The molecule has 2 nitrogen and oxygen atoms in total. The maximum absolute atomic E-state index is 5.68. The van der Waals surface area contributed by atoms with Gasteiger partial charge in [-0.05, 0) is 12.5 Å². The third-order valence-corrected chi connectivity index (χ3v) is 2.11. The standard InChI is InChI=1S/C14H18NO/c1-4-7-8-13-9-10-14(16-13)15(11-5-2)12-6-3/h4-6,8-10H,1-3,7,11-12H2. The zero-order chi connectivity index (χ0) is 11.8. The molecule has 0 amide bonds. The number of furan rings is 1. The van der Waals surface area contributed by atoms with Crippen molar-refractivity contribution >= 4 is 5.88 Å². The molecular formula is C14H18NO. The van der Waals surface area contributed by atoms with Gasteiger partial charge in [0.2, 0.25) is 0 Å². The van der Waals surface area contributed by atoms with Crippen molar-refractivity contribution in [2.24, 2.45) is 0 Å². The van der Waals surface area contributed by atoms with Gasteiger partial charge in [-0.1, -0.05) is 18.2 Å². The van der Waals surface area contributed by atoms with Crippen LogP contribution in [0.1, 0.15) is 12.2 Å². The molecule has 0 atom stereocenters. The Kier molecular flexibility index (Phi) is 5.20. The summed E-state index contributed by atoms with van der Waals surface area (Å²) in [4.78, 5) is 2.06. The number of anilines is 1. The highest BCUT2D eigenvalue weighted by atomic mass is 16.4. The molecular weight excluding hydrogens is 198 g/mol. The van der Waals surface area contributed by atoms with E-state index in [1.54, 1.807) is 0 Å². The van der Waals surface area contributed by atoms with Crippen molar-refractivity contribution in [2.75, 3.05) is 18.0 Å². The average Bonchev–Trinajstić information content (AvgIpc) is 2.74. The van der Waals surface area contributed by atoms with Crippen LogP contribution in [0.15, 0.2) is 54.5 Å². The fourth-order valence-corrected chi connectivity index (χ4v) is 1.39. The number of allylic oxidation sites excluding steroid dienone is 1. The van der Waals surface area contributed by atoms with E-state index in [4.69, 9.17) is 4.42 Å². The van der Waals surface area contributed by atoms with E-state index < -0.39 is 0 Å². The van der Waals surface area contributed by atoms with E-state index in [9.17, 15) is 0 Å². The van der Waals surface area contributed by atoms with Crippen molar-refractivity contribution in [1.82, 2.24) is 0 Å². The van der Waals surface area contributed by atoms with E-state index >= 15 is 0 Å². The van der Waals surface area contributed by atoms with Gasteiger partial charge in [-0.2, -0.15) is 0 Å². The number of nitrogens with zero attached hydrogens (tertiary/aromatic N) is 1. The summed E-state index contributed by atoms with van der Waals surface area (Å²) in [7, 11) is 0. The van der Waals surface area contributed by atoms with Crippen LogP contribution in [0, 0.1) is 6.42 Å². The highest BCUT2D eigenvalue weighted by Crippen LogP contribution is 2.20. The van der Waals surface area contributed by atoms with Gasteiger partial charge in [0, 0.05) is 25.6 Å². The zero-order valence-corrected chi connectivity index (χ0v) is 9.56. The molecule has 0 unspecified atom stereocenters. The first-order valence-corrected chi connectivity index (χ1v) is 5.32. The second-order valence-electron chi connectivity index (χ2n) is 3.39. The van der Waals surface area contributed by atoms with E-state index in [2.05, 4.69) is 24.6 Å². The van der Waals surface area contributed by atoms with Crippen LogP contribution in [-0.4, -0.2) is 13.1 Å². The van der Waals surface area contributed by atoms with Gasteiger partial charge in [0.25, 0.3) is 0 Å². The molecule has 0 aliphatic heterocycles. The summed E-state index contributed by atoms with van der Waals surface area (Å²) in [5.74, 6) is 1.71. The lowest BCUT2D eigenvalue weighted by Crippen LogP contribution is -2.22. The van der Waals surface area contributed by atoms with Crippen LogP contribution >= 0.6 is 0 Å². The summed E-state index contributed by atoms with van der Waals surface area (Å²) < 4.78 is 5.68. The maximum Gasteiger partial charge on any atom is 0.196 e. The van der Waals surface area contributed by atoms with Crippen molar-refractivity contribution in [3.05, 3.63) is 62.3 Å². The Hall–Kier alpha value is -1.70. The van der Waals surface area contributed by atoms with E-state index in [0.717, 1.165) is 31.2 Å². The molecule has 16 heavy (non-hydrogen) atoms. The Bertz CT molecular complexity index is 341. The summed E-state index contributed by atoms with van der Waals surface area (Å²) in [6.45, 7) is 12.6. The summed E-state index contributed by atoms with van der Waals surface area (Å²) >= 11 is 0. The van der Waals surface area contributed by atoms with E-state index in [1.807, 2.05) is 36.8 Å². The molecule has 0 aliphatic rings. The van der Waals surface area contributed by atoms with Crippen LogP contribution in [0.4, 0.5) is 5.88 Å². The van der Waals surface area contributed by atoms with E-state index in [-0.39, 0.29) is 0 Å². The molecule has 1 heterocycles. The predicted molar refractivity (Wildman–Crippen MR) is 69.5 cm³/mol. The van der Waals surface area contributed by atoms with E-state index in [0.29, 0.717) is 0 Å². The highest BCUT2D eigenvalue weighted by Gasteiger charge is 2.07. The monoisotopic (exact) mass is 216 g/mol. The molecule has 1 aromatic heterocycles. The molecule has 85 valence electrons. The Morgan fingerprint density at radius 3 is 2.31 bits per heavy atom. The van der Waals surface area contributed by atoms with Crippen molar-refractivity contribution in [3.8, 4) is 0 Å². The normalized spacial score (nSPS) is 9.75. The topological polar surface area (TPSA) is 16.4 Å². The Morgan fingerprint density at radius 1 is 1.06 bits per heavy atom.